The summed E-state index contributed by atoms with van der Waals surface area (Å²) in [6, 6.07) is 0. The maximum absolute atomic E-state index is 5.71. The average Bonchev–Trinajstić information content (AvgIpc) is 2.49. The van der Waals surface area contributed by atoms with E-state index in [2.05, 4.69) is 52.8 Å². The quantitative estimate of drug-likeness (QED) is 0.270. The molecule has 3 heteroatoms. The number of hydrogen-bond donors (Lipinski definition) is 0. The van der Waals surface area contributed by atoms with Gasteiger partial charge in [-0.2, -0.15) is 0 Å². The van der Waals surface area contributed by atoms with Crippen LogP contribution in [0.1, 0.15) is 58.8 Å². The lowest BCUT2D eigenvalue weighted by molar-refractivity contribution is 0.146. The highest BCUT2D eigenvalue weighted by molar-refractivity contribution is 6.10. The van der Waals surface area contributed by atoms with Crippen LogP contribution in [-0.4, -0.2) is 46.6 Å². The molecular formula is C19H38BNO. The standard InChI is InChI=1S/C19H38BNO/c1-5-6-7-8-12-19(16-20)13-9-11-18(2)17-22-15-10-14-21(3)4/h11-12H,5-10,13-17,20H2,1-4H3/b18-11-,19-12+. The van der Waals surface area contributed by atoms with Crippen molar-refractivity contribution >= 4 is 7.85 Å². The predicted octanol–water partition coefficient (Wildman–Crippen LogP) is 4.24. The Morgan fingerprint density at radius 1 is 1.09 bits per heavy atom. The van der Waals surface area contributed by atoms with Crippen LogP contribution in [0.3, 0.4) is 0 Å². The van der Waals surface area contributed by atoms with Crippen LogP contribution < -0.4 is 0 Å². The van der Waals surface area contributed by atoms with Gasteiger partial charge in [0.1, 0.15) is 7.85 Å². The number of ether oxygens (including phenoxy) is 1. The van der Waals surface area contributed by atoms with E-state index in [0.717, 1.165) is 32.6 Å². The van der Waals surface area contributed by atoms with Gasteiger partial charge in [-0.15, -0.1) is 0 Å². The molecule has 0 N–H and O–H groups in total. The summed E-state index contributed by atoms with van der Waals surface area (Å²) < 4.78 is 5.71. The van der Waals surface area contributed by atoms with Gasteiger partial charge >= 0.3 is 0 Å². The third kappa shape index (κ3) is 14.4. The molecule has 2 nitrogen and oxygen atoms in total. The summed E-state index contributed by atoms with van der Waals surface area (Å²) in [7, 11) is 6.48. The summed E-state index contributed by atoms with van der Waals surface area (Å²) in [4.78, 5) is 2.20. The van der Waals surface area contributed by atoms with Gasteiger partial charge in [-0.05, 0) is 59.7 Å². The summed E-state index contributed by atoms with van der Waals surface area (Å²) in [5.41, 5.74) is 2.98. The molecule has 0 rings (SSSR count). The first kappa shape index (κ1) is 21.5. The van der Waals surface area contributed by atoms with Gasteiger partial charge in [0.05, 0.1) is 6.61 Å². The molecule has 0 amide bonds. The average molecular weight is 307 g/mol. The fourth-order valence-electron chi connectivity index (χ4n) is 2.40. The van der Waals surface area contributed by atoms with Crippen molar-refractivity contribution in [1.29, 1.82) is 0 Å². The highest BCUT2D eigenvalue weighted by Gasteiger charge is 1.96. The van der Waals surface area contributed by atoms with Crippen molar-refractivity contribution in [2.45, 2.75) is 65.1 Å². The molecule has 0 heterocycles. The van der Waals surface area contributed by atoms with Gasteiger partial charge in [0.2, 0.25) is 0 Å². The molecule has 0 atom stereocenters. The molecule has 0 fully saturated rings. The van der Waals surface area contributed by atoms with Crippen LogP contribution in [-0.2, 0) is 4.74 Å². The molecule has 0 aromatic carbocycles. The molecule has 0 unspecified atom stereocenters. The second-order valence-electron chi connectivity index (χ2n) is 6.51. The second-order valence-corrected chi connectivity index (χ2v) is 6.51. The van der Waals surface area contributed by atoms with Gasteiger partial charge in [-0.3, -0.25) is 0 Å². The molecule has 0 aliphatic heterocycles. The maximum atomic E-state index is 5.71. The van der Waals surface area contributed by atoms with Crippen molar-refractivity contribution < 1.29 is 4.74 Å². The lowest BCUT2D eigenvalue weighted by Crippen LogP contribution is -2.15. The van der Waals surface area contributed by atoms with Crippen molar-refractivity contribution in [3.8, 4) is 0 Å². The van der Waals surface area contributed by atoms with Crippen LogP contribution in [0.5, 0.6) is 0 Å². The zero-order chi connectivity index (χ0) is 16.6. The number of rotatable bonds is 14. The van der Waals surface area contributed by atoms with Crippen molar-refractivity contribution in [3.63, 3.8) is 0 Å². The molecule has 22 heavy (non-hydrogen) atoms. The van der Waals surface area contributed by atoms with Crippen LogP contribution in [0.4, 0.5) is 0 Å². The number of nitrogens with zero attached hydrogens (tertiary/aromatic N) is 1. The normalized spacial score (nSPS) is 13.1. The number of hydrogen-bond acceptors (Lipinski definition) is 2. The van der Waals surface area contributed by atoms with Crippen molar-refractivity contribution in [2.24, 2.45) is 0 Å². The SMILES string of the molecule is BC/C(=C/CCCCC)CC/C=C(/C)COCCCN(C)C. The minimum Gasteiger partial charge on any atom is -0.377 e. The zero-order valence-corrected chi connectivity index (χ0v) is 15.8. The Bertz CT molecular complexity index is 311. The number of unbranched alkanes of at least 4 members (excludes halogenated alkanes) is 3. The summed E-state index contributed by atoms with van der Waals surface area (Å²) in [5.74, 6) is 0. The van der Waals surface area contributed by atoms with E-state index < -0.39 is 0 Å². The topological polar surface area (TPSA) is 12.5 Å². The van der Waals surface area contributed by atoms with E-state index in [1.54, 1.807) is 5.57 Å². The van der Waals surface area contributed by atoms with Crippen molar-refractivity contribution in [1.82, 2.24) is 4.90 Å². The summed E-state index contributed by atoms with van der Waals surface area (Å²) >= 11 is 0. The molecule has 0 radical (unpaired) electrons. The molecule has 0 saturated carbocycles. The Morgan fingerprint density at radius 2 is 1.86 bits per heavy atom. The number of allylic oxidation sites excluding steroid dienone is 3. The molecule has 128 valence electrons. The summed E-state index contributed by atoms with van der Waals surface area (Å²) in [5, 5.41) is 0. The van der Waals surface area contributed by atoms with Gasteiger partial charge in [0, 0.05) is 6.61 Å². The molecule has 0 aliphatic carbocycles. The van der Waals surface area contributed by atoms with Crippen LogP contribution in [0, 0.1) is 0 Å². The largest absolute Gasteiger partial charge is 0.377 e. The summed E-state index contributed by atoms with van der Waals surface area (Å²) in [6.07, 6.45) is 14.8. The zero-order valence-electron chi connectivity index (χ0n) is 15.8. The first-order valence-electron chi connectivity index (χ1n) is 9.16. The smallest absolute Gasteiger partial charge is 0.106 e. The van der Waals surface area contributed by atoms with Crippen LogP contribution in [0.2, 0.25) is 6.32 Å². The van der Waals surface area contributed by atoms with E-state index in [9.17, 15) is 0 Å². The predicted molar refractivity (Wildman–Crippen MR) is 103 cm³/mol. The fraction of sp³-hybridized carbons (Fsp3) is 0.789. The van der Waals surface area contributed by atoms with Gasteiger partial charge in [0.15, 0.2) is 0 Å². The minimum atomic E-state index is 0.787. The Kier molecular flexibility index (Phi) is 15.0. The Hall–Kier alpha value is -0.535. The molecule has 0 spiro atoms. The van der Waals surface area contributed by atoms with E-state index in [0.29, 0.717) is 0 Å². The first-order chi connectivity index (χ1) is 10.6. The van der Waals surface area contributed by atoms with E-state index >= 15 is 0 Å². The molecule has 0 bridgehead atoms. The van der Waals surface area contributed by atoms with E-state index in [-0.39, 0.29) is 0 Å². The highest BCUT2D eigenvalue weighted by Crippen LogP contribution is 2.13. The van der Waals surface area contributed by atoms with Crippen LogP contribution >= 0.6 is 0 Å². The monoisotopic (exact) mass is 307 g/mol. The Labute approximate surface area is 140 Å². The minimum absolute atomic E-state index is 0.787. The molecule has 0 aromatic rings. The highest BCUT2D eigenvalue weighted by atomic mass is 16.5. The van der Waals surface area contributed by atoms with Gasteiger partial charge in [0.25, 0.3) is 0 Å². The Morgan fingerprint density at radius 3 is 2.50 bits per heavy atom. The maximum Gasteiger partial charge on any atom is 0.106 e. The van der Waals surface area contributed by atoms with Gasteiger partial charge in [-0.1, -0.05) is 49.4 Å². The third-order valence-corrected chi connectivity index (χ3v) is 3.88. The first-order valence-corrected chi connectivity index (χ1v) is 9.16. The second kappa shape index (κ2) is 15.4. The molecule has 0 saturated heterocycles. The fourth-order valence-corrected chi connectivity index (χ4v) is 2.40. The Balaban J connectivity index is 3.78. The van der Waals surface area contributed by atoms with Gasteiger partial charge in [-0.25, -0.2) is 0 Å². The molecular weight excluding hydrogens is 269 g/mol. The summed E-state index contributed by atoms with van der Waals surface area (Å²) in [6.45, 7) is 7.20. The van der Waals surface area contributed by atoms with E-state index in [1.807, 2.05) is 0 Å². The lowest BCUT2D eigenvalue weighted by Gasteiger charge is -2.09. The van der Waals surface area contributed by atoms with E-state index in [1.165, 1.54) is 44.0 Å². The molecule has 0 aliphatic rings. The third-order valence-electron chi connectivity index (χ3n) is 3.88. The van der Waals surface area contributed by atoms with Crippen molar-refractivity contribution in [2.75, 3.05) is 33.9 Å². The van der Waals surface area contributed by atoms with Crippen LogP contribution in [0.15, 0.2) is 23.3 Å². The molecule has 0 aromatic heterocycles. The van der Waals surface area contributed by atoms with Crippen LogP contribution in [0.25, 0.3) is 0 Å². The lowest BCUT2D eigenvalue weighted by atomic mass is 9.92. The van der Waals surface area contributed by atoms with Gasteiger partial charge < -0.3 is 9.64 Å². The van der Waals surface area contributed by atoms with E-state index in [4.69, 9.17) is 4.74 Å². The van der Waals surface area contributed by atoms with Crippen molar-refractivity contribution in [3.05, 3.63) is 23.3 Å².